The Morgan fingerprint density at radius 2 is 2.00 bits per heavy atom. The van der Waals surface area contributed by atoms with E-state index in [2.05, 4.69) is 30.4 Å². The van der Waals surface area contributed by atoms with Crippen molar-refractivity contribution in [3.05, 3.63) is 47.0 Å². The highest BCUT2D eigenvalue weighted by Gasteiger charge is 2.09. The number of anilines is 2. The van der Waals surface area contributed by atoms with Crippen LogP contribution in [0.5, 0.6) is 0 Å². The van der Waals surface area contributed by atoms with E-state index in [0.717, 1.165) is 0 Å². The van der Waals surface area contributed by atoms with Crippen LogP contribution in [0.25, 0.3) is 5.95 Å². The van der Waals surface area contributed by atoms with E-state index in [9.17, 15) is 4.39 Å². The summed E-state index contributed by atoms with van der Waals surface area (Å²) in [7, 11) is 0. The minimum Gasteiger partial charge on any atom is -0.324 e. The summed E-state index contributed by atoms with van der Waals surface area (Å²) in [5.74, 6) is -0.148. The largest absolute Gasteiger partial charge is 0.324 e. The zero-order valence-corrected chi connectivity index (χ0v) is 11.7. The van der Waals surface area contributed by atoms with Crippen molar-refractivity contribution in [2.75, 3.05) is 5.32 Å². The average Bonchev–Trinajstić information content (AvgIpc) is 2.96. The maximum atomic E-state index is 13.1. The van der Waals surface area contributed by atoms with Crippen LogP contribution in [0, 0.1) is 5.82 Å². The maximum Gasteiger partial charge on any atom is 0.258 e. The van der Waals surface area contributed by atoms with Crippen molar-refractivity contribution in [1.29, 1.82) is 0 Å². The van der Waals surface area contributed by atoms with Gasteiger partial charge in [0, 0.05) is 5.69 Å². The second kappa shape index (κ2) is 5.58. The third kappa shape index (κ3) is 3.06. The molecule has 10 heteroatoms. The molecule has 7 nitrogen and oxygen atoms in total. The van der Waals surface area contributed by atoms with Crippen LogP contribution in [-0.2, 0) is 0 Å². The molecule has 0 saturated heterocycles. The molecule has 0 spiro atoms. The first-order valence-corrected chi connectivity index (χ1v) is 6.36. The third-order valence-corrected chi connectivity index (χ3v) is 2.85. The van der Waals surface area contributed by atoms with E-state index < -0.39 is 5.82 Å². The fraction of sp³-hybridized carbons (Fsp3) is 0. The minimum atomic E-state index is -0.515. The van der Waals surface area contributed by atoms with Crippen LogP contribution in [0.3, 0.4) is 0 Å². The molecule has 0 amide bonds. The number of hydrogen-bond acceptors (Lipinski definition) is 6. The lowest BCUT2D eigenvalue weighted by atomic mass is 10.3. The van der Waals surface area contributed by atoms with Crippen molar-refractivity contribution in [1.82, 2.24) is 29.7 Å². The first kappa shape index (κ1) is 13.7. The Kier molecular flexibility index (Phi) is 3.63. The summed E-state index contributed by atoms with van der Waals surface area (Å²) in [5, 5.41) is 6.71. The summed E-state index contributed by atoms with van der Waals surface area (Å²) in [4.78, 5) is 15.8. The molecule has 0 radical (unpaired) electrons. The maximum absolute atomic E-state index is 13.1. The Morgan fingerprint density at radius 3 is 2.71 bits per heavy atom. The molecule has 21 heavy (non-hydrogen) atoms. The second-order valence-electron chi connectivity index (χ2n) is 3.82. The summed E-state index contributed by atoms with van der Waals surface area (Å²) in [6.07, 6.45) is 2.76. The number of aromatic nitrogens is 6. The highest BCUT2D eigenvalue weighted by molar-refractivity contribution is 6.31. The molecular weight excluding hydrogens is 320 g/mol. The van der Waals surface area contributed by atoms with Gasteiger partial charge in [0.15, 0.2) is 0 Å². The number of rotatable bonds is 3. The summed E-state index contributed by atoms with van der Waals surface area (Å²) < 4.78 is 14.4. The Morgan fingerprint density at radius 1 is 1.14 bits per heavy atom. The van der Waals surface area contributed by atoms with Gasteiger partial charge in [-0.3, -0.25) is 0 Å². The molecule has 3 aromatic rings. The molecule has 0 fully saturated rings. The van der Waals surface area contributed by atoms with E-state index in [1.165, 1.54) is 35.5 Å². The molecule has 0 bridgehead atoms. The second-order valence-corrected chi connectivity index (χ2v) is 4.57. The van der Waals surface area contributed by atoms with Crippen molar-refractivity contribution >= 4 is 34.8 Å². The van der Waals surface area contributed by atoms with Gasteiger partial charge >= 0.3 is 0 Å². The third-order valence-electron chi connectivity index (χ3n) is 2.40. The van der Waals surface area contributed by atoms with Crippen molar-refractivity contribution in [2.24, 2.45) is 0 Å². The predicted molar refractivity (Wildman–Crippen MR) is 74.4 cm³/mol. The van der Waals surface area contributed by atoms with Crippen LogP contribution < -0.4 is 5.32 Å². The van der Waals surface area contributed by atoms with E-state index in [1.54, 1.807) is 0 Å². The predicted octanol–water partition coefficient (Wildman–Crippen LogP) is 2.64. The number of nitrogens with one attached hydrogen (secondary N) is 1. The Balaban J connectivity index is 1.93. The van der Waals surface area contributed by atoms with Crippen LogP contribution >= 0.6 is 23.2 Å². The van der Waals surface area contributed by atoms with Gasteiger partial charge in [-0.2, -0.15) is 24.7 Å². The van der Waals surface area contributed by atoms with E-state index in [-0.39, 0.29) is 22.2 Å². The standard InChI is InChI=1S/C11H6Cl2FN7/c12-7-3-6(1-2-8(7)14)17-10-18-9(13)19-11(20-10)21-5-15-4-16-21/h1-5H,(H,17,18,19,20). The molecule has 0 saturated carbocycles. The van der Waals surface area contributed by atoms with Gasteiger partial charge in [0.1, 0.15) is 18.5 Å². The van der Waals surface area contributed by atoms with Crippen LogP contribution in [-0.4, -0.2) is 29.7 Å². The van der Waals surface area contributed by atoms with Crippen LogP contribution in [0.1, 0.15) is 0 Å². The van der Waals surface area contributed by atoms with E-state index in [1.807, 2.05) is 0 Å². The lowest BCUT2D eigenvalue weighted by Gasteiger charge is -2.07. The van der Waals surface area contributed by atoms with E-state index >= 15 is 0 Å². The molecule has 1 aromatic carbocycles. The first-order valence-electron chi connectivity index (χ1n) is 5.60. The number of halogens is 3. The van der Waals surface area contributed by atoms with Gasteiger partial charge in [-0.1, -0.05) is 11.6 Å². The van der Waals surface area contributed by atoms with E-state index in [0.29, 0.717) is 5.69 Å². The fourth-order valence-electron chi connectivity index (χ4n) is 1.51. The molecule has 0 aliphatic carbocycles. The zero-order valence-electron chi connectivity index (χ0n) is 10.2. The van der Waals surface area contributed by atoms with Gasteiger partial charge in [-0.25, -0.2) is 9.37 Å². The molecule has 0 aliphatic rings. The zero-order chi connectivity index (χ0) is 14.8. The normalized spacial score (nSPS) is 10.6. The lowest BCUT2D eigenvalue weighted by molar-refractivity contribution is 0.628. The number of hydrogen-bond donors (Lipinski definition) is 1. The SMILES string of the molecule is Fc1ccc(Nc2nc(Cl)nc(-n3cncn3)n2)cc1Cl. The lowest BCUT2D eigenvalue weighted by Crippen LogP contribution is -2.07. The van der Waals surface area contributed by atoms with Gasteiger partial charge in [0.05, 0.1) is 5.02 Å². The molecule has 106 valence electrons. The van der Waals surface area contributed by atoms with Crippen molar-refractivity contribution in [2.45, 2.75) is 0 Å². The molecule has 0 aliphatic heterocycles. The fourth-order valence-corrected chi connectivity index (χ4v) is 1.85. The number of benzene rings is 1. The van der Waals surface area contributed by atoms with Gasteiger partial charge in [-0.15, -0.1) is 0 Å². The Labute approximate surface area is 127 Å². The van der Waals surface area contributed by atoms with E-state index in [4.69, 9.17) is 23.2 Å². The topological polar surface area (TPSA) is 81.4 Å². The minimum absolute atomic E-state index is 0.0170. The summed E-state index contributed by atoms with van der Waals surface area (Å²) in [6.45, 7) is 0. The molecular formula is C11H6Cl2FN7. The highest BCUT2D eigenvalue weighted by Crippen LogP contribution is 2.21. The van der Waals surface area contributed by atoms with Crippen LogP contribution in [0.2, 0.25) is 10.3 Å². The highest BCUT2D eigenvalue weighted by atomic mass is 35.5. The van der Waals surface area contributed by atoms with Gasteiger partial charge in [-0.05, 0) is 29.8 Å². The summed E-state index contributed by atoms with van der Waals surface area (Å²) in [6, 6.07) is 4.13. The van der Waals surface area contributed by atoms with Crippen molar-refractivity contribution < 1.29 is 4.39 Å². The molecule has 0 unspecified atom stereocenters. The Bertz CT molecular complexity index is 778. The van der Waals surface area contributed by atoms with Crippen LogP contribution in [0.4, 0.5) is 16.0 Å². The molecule has 1 N–H and O–H groups in total. The molecule has 2 aromatic heterocycles. The van der Waals surface area contributed by atoms with Gasteiger partial charge in [0.25, 0.3) is 5.95 Å². The first-order chi connectivity index (χ1) is 10.1. The quantitative estimate of drug-likeness (QED) is 0.797. The smallest absolute Gasteiger partial charge is 0.258 e. The monoisotopic (exact) mass is 325 g/mol. The van der Waals surface area contributed by atoms with Crippen molar-refractivity contribution in [3.8, 4) is 5.95 Å². The summed E-state index contributed by atoms with van der Waals surface area (Å²) in [5.41, 5.74) is 0.508. The van der Waals surface area contributed by atoms with Crippen molar-refractivity contribution in [3.63, 3.8) is 0 Å². The Hall–Kier alpha value is -2.32. The van der Waals surface area contributed by atoms with Crippen LogP contribution in [0.15, 0.2) is 30.9 Å². The molecule has 2 heterocycles. The molecule has 3 rings (SSSR count). The van der Waals surface area contributed by atoms with Gasteiger partial charge < -0.3 is 5.32 Å². The average molecular weight is 326 g/mol. The number of nitrogens with zero attached hydrogens (tertiary/aromatic N) is 6. The molecule has 0 atom stereocenters. The summed E-state index contributed by atoms with van der Waals surface area (Å²) >= 11 is 11.5. The van der Waals surface area contributed by atoms with Gasteiger partial charge in [0.2, 0.25) is 11.2 Å².